The second-order valence-corrected chi connectivity index (χ2v) is 6.89. The Bertz CT molecular complexity index is 940. The summed E-state index contributed by atoms with van der Waals surface area (Å²) in [5.41, 5.74) is 12.5. The molecule has 1 atom stereocenters. The van der Waals surface area contributed by atoms with Gasteiger partial charge in [0.1, 0.15) is 11.9 Å². The predicted molar refractivity (Wildman–Crippen MR) is 116 cm³/mol. The van der Waals surface area contributed by atoms with Gasteiger partial charge in [-0.25, -0.2) is 0 Å². The smallest absolute Gasteiger partial charge is 0.127 e. The summed E-state index contributed by atoms with van der Waals surface area (Å²) in [4.78, 5) is 0. The number of rotatable bonds is 7. The van der Waals surface area contributed by atoms with Crippen LogP contribution in [0.3, 0.4) is 0 Å². The van der Waals surface area contributed by atoms with Crippen molar-refractivity contribution in [3.05, 3.63) is 77.9 Å². The summed E-state index contributed by atoms with van der Waals surface area (Å²) >= 11 is 0. The highest BCUT2D eigenvalue weighted by atomic mass is 16.5. The van der Waals surface area contributed by atoms with Crippen molar-refractivity contribution in [3.63, 3.8) is 0 Å². The molecule has 5 nitrogen and oxygen atoms in total. The van der Waals surface area contributed by atoms with Gasteiger partial charge in [0, 0.05) is 25.2 Å². The summed E-state index contributed by atoms with van der Waals surface area (Å²) in [7, 11) is 1.70. The molecule has 0 fully saturated rings. The molecule has 0 aliphatic carbocycles. The standard InChI is InChI=1S/C23H26N4O/c1-28-22-5-3-2-4-19(22)23-26-20-11-10-18(14-21(20)27-23)17-8-6-16(7-9-17)15-25-13-12-24/h2-11,14,23,25-27H,12-13,15,24H2,1H3. The van der Waals surface area contributed by atoms with E-state index in [1.807, 2.05) is 18.2 Å². The molecule has 0 spiro atoms. The van der Waals surface area contributed by atoms with E-state index in [1.165, 1.54) is 16.7 Å². The van der Waals surface area contributed by atoms with Gasteiger partial charge in [0.05, 0.1) is 18.5 Å². The van der Waals surface area contributed by atoms with E-state index in [2.05, 4.69) is 64.5 Å². The molecule has 0 saturated carbocycles. The quantitative estimate of drug-likeness (QED) is 0.472. The molecule has 0 amide bonds. The maximum absolute atomic E-state index is 5.52. The molecule has 0 bridgehead atoms. The van der Waals surface area contributed by atoms with Gasteiger partial charge in [-0.15, -0.1) is 0 Å². The Balaban J connectivity index is 1.50. The molecule has 0 radical (unpaired) electrons. The predicted octanol–water partition coefficient (Wildman–Crippen LogP) is 3.95. The lowest BCUT2D eigenvalue weighted by atomic mass is 10.0. The van der Waals surface area contributed by atoms with Crippen LogP contribution >= 0.6 is 0 Å². The SMILES string of the molecule is COc1ccccc1C1Nc2ccc(-c3ccc(CNCCN)cc3)cc2N1. The topological polar surface area (TPSA) is 71.3 Å². The molecule has 0 aromatic heterocycles. The molecule has 3 aromatic carbocycles. The molecule has 1 aliphatic heterocycles. The fourth-order valence-corrected chi connectivity index (χ4v) is 3.53. The van der Waals surface area contributed by atoms with Gasteiger partial charge in [0.2, 0.25) is 0 Å². The van der Waals surface area contributed by atoms with Crippen molar-refractivity contribution in [1.29, 1.82) is 0 Å². The van der Waals surface area contributed by atoms with Gasteiger partial charge in [-0.3, -0.25) is 0 Å². The minimum Gasteiger partial charge on any atom is -0.496 e. The second-order valence-electron chi connectivity index (χ2n) is 6.89. The molecule has 0 saturated heterocycles. The third kappa shape index (κ3) is 3.81. The first-order chi connectivity index (χ1) is 13.8. The minimum absolute atomic E-state index is 0.00241. The molecule has 144 valence electrons. The van der Waals surface area contributed by atoms with Crippen molar-refractivity contribution in [2.45, 2.75) is 12.7 Å². The maximum Gasteiger partial charge on any atom is 0.127 e. The Morgan fingerprint density at radius 3 is 2.46 bits per heavy atom. The molecule has 1 heterocycles. The van der Waals surface area contributed by atoms with E-state index in [9.17, 15) is 0 Å². The fraction of sp³-hybridized carbons (Fsp3) is 0.217. The Morgan fingerprint density at radius 1 is 0.929 bits per heavy atom. The summed E-state index contributed by atoms with van der Waals surface area (Å²) < 4.78 is 5.50. The number of para-hydroxylation sites is 1. The zero-order chi connectivity index (χ0) is 19.3. The monoisotopic (exact) mass is 374 g/mol. The number of nitrogens with one attached hydrogen (secondary N) is 3. The fourth-order valence-electron chi connectivity index (χ4n) is 3.53. The van der Waals surface area contributed by atoms with Gasteiger partial charge in [0.15, 0.2) is 0 Å². The Labute approximate surface area is 165 Å². The average molecular weight is 374 g/mol. The maximum atomic E-state index is 5.52. The van der Waals surface area contributed by atoms with Crippen LogP contribution in [-0.2, 0) is 6.54 Å². The van der Waals surface area contributed by atoms with E-state index in [0.29, 0.717) is 6.54 Å². The van der Waals surface area contributed by atoms with Gasteiger partial charge < -0.3 is 26.4 Å². The van der Waals surface area contributed by atoms with Gasteiger partial charge >= 0.3 is 0 Å². The summed E-state index contributed by atoms with van der Waals surface area (Å²) in [5, 5.41) is 10.4. The molecule has 4 rings (SSSR count). The van der Waals surface area contributed by atoms with Gasteiger partial charge in [-0.1, -0.05) is 48.5 Å². The Morgan fingerprint density at radius 2 is 1.68 bits per heavy atom. The van der Waals surface area contributed by atoms with E-state index < -0.39 is 0 Å². The number of ether oxygens (including phenoxy) is 1. The largest absolute Gasteiger partial charge is 0.496 e. The normalized spacial score (nSPS) is 14.9. The van der Waals surface area contributed by atoms with Crippen LogP contribution in [0.4, 0.5) is 11.4 Å². The van der Waals surface area contributed by atoms with E-state index in [-0.39, 0.29) is 6.17 Å². The van der Waals surface area contributed by atoms with Crippen LogP contribution in [0.5, 0.6) is 5.75 Å². The molecule has 1 unspecified atom stereocenters. The molecule has 28 heavy (non-hydrogen) atoms. The van der Waals surface area contributed by atoms with Gasteiger partial charge in [-0.05, 0) is 34.9 Å². The highest BCUT2D eigenvalue weighted by Crippen LogP contribution is 2.40. The van der Waals surface area contributed by atoms with Crippen molar-refractivity contribution < 1.29 is 4.74 Å². The van der Waals surface area contributed by atoms with Crippen molar-refractivity contribution in [2.24, 2.45) is 5.73 Å². The summed E-state index contributed by atoms with van der Waals surface area (Å²) in [6.07, 6.45) is -0.00241. The third-order valence-electron chi connectivity index (χ3n) is 5.01. The lowest BCUT2D eigenvalue weighted by Gasteiger charge is -2.16. The van der Waals surface area contributed by atoms with Crippen LogP contribution < -0.4 is 26.4 Å². The van der Waals surface area contributed by atoms with Crippen LogP contribution in [0, 0.1) is 0 Å². The molecule has 5 heteroatoms. The highest BCUT2D eigenvalue weighted by molar-refractivity contribution is 5.81. The van der Waals surface area contributed by atoms with Crippen LogP contribution in [0.15, 0.2) is 66.7 Å². The molecule has 5 N–H and O–H groups in total. The number of hydrogen-bond acceptors (Lipinski definition) is 5. The zero-order valence-corrected chi connectivity index (χ0v) is 16.0. The number of methoxy groups -OCH3 is 1. The lowest BCUT2D eigenvalue weighted by molar-refractivity contribution is 0.408. The van der Waals surface area contributed by atoms with E-state index in [0.717, 1.165) is 35.8 Å². The van der Waals surface area contributed by atoms with E-state index >= 15 is 0 Å². The van der Waals surface area contributed by atoms with Crippen LogP contribution in [0.2, 0.25) is 0 Å². The number of anilines is 2. The van der Waals surface area contributed by atoms with E-state index in [4.69, 9.17) is 10.5 Å². The summed E-state index contributed by atoms with van der Waals surface area (Å²) in [6.45, 7) is 2.33. The van der Waals surface area contributed by atoms with E-state index in [1.54, 1.807) is 7.11 Å². The first kappa shape index (κ1) is 18.3. The van der Waals surface area contributed by atoms with Crippen molar-refractivity contribution in [1.82, 2.24) is 5.32 Å². The Hall–Kier alpha value is -3.02. The Kier molecular flexibility index (Phi) is 5.46. The van der Waals surface area contributed by atoms with Crippen LogP contribution in [0.1, 0.15) is 17.3 Å². The van der Waals surface area contributed by atoms with Crippen LogP contribution in [-0.4, -0.2) is 20.2 Å². The summed E-state index contributed by atoms with van der Waals surface area (Å²) in [6, 6.07) is 23.2. The first-order valence-electron chi connectivity index (χ1n) is 9.58. The minimum atomic E-state index is -0.00241. The van der Waals surface area contributed by atoms with Gasteiger partial charge in [-0.2, -0.15) is 0 Å². The van der Waals surface area contributed by atoms with Crippen molar-refractivity contribution in [3.8, 4) is 16.9 Å². The molecule has 3 aromatic rings. The van der Waals surface area contributed by atoms with Crippen LogP contribution in [0.25, 0.3) is 11.1 Å². The number of fused-ring (bicyclic) bond motifs is 1. The number of benzene rings is 3. The highest BCUT2D eigenvalue weighted by Gasteiger charge is 2.23. The lowest BCUT2D eigenvalue weighted by Crippen LogP contribution is -2.21. The first-order valence-corrected chi connectivity index (χ1v) is 9.58. The second kappa shape index (κ2) is 8.33. The number of nitrogens with two attached hydrogens (primary N) is 1. The number of hydrogen-bond donors (Lipinski definition) is 4. The summed E-state index contributed by atoms with van der Waals surface area (Å²) in [5.74, 6) is 0.874. The molecular formula is C23H26N4O. The molecular weight excluding hydrogens is 348 g/mol. The van der Waals surface area contributed by atoms with Gasteiger partial charge in [0.25, 0.3) is 0 Å². The van der Waals surface area contributed by atoms with Crippen molar-refractivity contribution in [2.75, 3.05) is 30.8 Å². The zero-order valence-electron chi connectivity index (χ0n) is 16.0. The third-order valence-corrected chi connectivity index (χ3v) is 5.01. The average Bonchev–Trinajstić information content (AvgIpc) is 3.17. The molecule has 1 aliphatic rings. The van der Waals surface area contributed by atoms with Crippen molar-refractivity contribution >= 4 is 11.4 Å².